The third-order valence-corrected chi connectivity index (χ3v) is 7.15. The first-order chi connectivity index (χ1) is 15.2. The third-order valence-electron chi connectivity index (χ3n) is 7.15. The molecule has 1 saturated carbocycles. The topological polar surface area (TPSA) is 75.4 Å². The van der Waals surface area contributed by atoms with Gasteiger partial charge in [-0.1, -0.05) is 42.4 Å². The van der Waals surface area contributed by atoms with Crippen LogP contribution in [0.1, 0.15) is 32.1 Å². The van der Waals surface area contributed by atoms with Gasteiger partial charge in [-0.05, 0) is 49.7 Å². The lowest BCUT2D eigenvalue weighted by molar-refractivity contribution is 0.0957. The summed E-state index contributed by atoms with van der Waals surface area (Å²) in [5.74, 6) is 3.22. The summed E-state index contributed by atoms with van der Waals surface area (Å²) in [4.78, 5) is 9.63. The van der Waals surface area contributed by atoms with E-state index in [4.69, 9.17) is 14.5 Å². The van der Waals surface area contributed by atoms with E-state index in [1.54, 1.807) is 25.9 Å². The Labute approximate surface area is 183 Å². The number of aliphatic imine (C=N–C) groups is 2. The Balaban J connectivity index is 1.55. The fourth-order valence-corrected chi connectivity index (χ4v) is 5.61. The van der Waals surface area contributed by atoms with Gasteiger partial charge in [0.05, 0.1) is 19.1 Å². The van der Waals surface area contributed by atoms with Gasteiger partial charge in [0.15, 0.2) is 0 Å². The zero-order valence-electron chi connectivity index (χ0n) is 18.2. The highest BCUT2D eigenvalue weighted by atomic mass is 16.5. The number of rotatable bonds is 4. The number of ether oxygens (including phenoxy) is 2. The lowest BCUT2D eigenvalue weighted by atomic mass is 9.64. The van der Waals surface area contributed by atoms with Crippen molar-refractivity contribution in [3.63, 3.8) is 0 Å². The van der Waals surface area contributed by atoms with E-state index in [1.165, 1.54) is 31.3 Å². The number of hydrogen-bond acceptors (Lipinski definition) is 6. The molecule has 1 heterocycles. The number of hydrogen-bond donors (Lipinski definition) is 2. The Hall–Kier alpha value is -2.44. The summed E-state index contributed by atoms with van der Waals surface area (Å²) < 4.78 is 10.9. The highest BCUT2D eigenvalue weighted by molar-refractivity contribution is 6.09. The van der Waals surface area contributed by atoms with Crippen molar-refractivity contribution in [1.29, 1.82) is 0 Å². The second kappa shape index (κ2) is 8.60. The van der Waals surface area contributed by atoms with Gasteiger partial charge < -0.3 is 19.9 Å². The lowest BCUT2D eigenvalue weighted by Crippen LogP contribution is -2.46. The molecule has 0 bridgehead atoms. The summed E-state index contributed by atoms with van der Waals surface area (Å²) >= 11 is 0. The van der Waals surface area contributed by atoms with Gasteiger partial charge >= 0.3 is 0 Å². The van der Waals surface area contributed by atoms with Crippen molar-refractivity contribution >= 4 is 11.7 Å². The molecule has 1 aliphatic heterocycles. The number of aliphatic hydroxyl groups excluding tert-OH is 1. The molecule has 6 atom stereocenters. The molecule has 4 aliphatic carbocycles. The van der Waals surface area contributed by atoms with Gasteiger partial charge in [0.2, 0.25) is 6.35 Å². The largest absolute Gasteiger partial charge is 0.497 e. The molecule has 5 rings (SSSR count). The van der Waals surface area contributed by atoms with Crippen LogP contribution in [0, 0.1) is 23.7 Å². The minimum absolute atomic E-state index is 0.323. The molecule has 0 aromatic heterocycles. The van der Waals surface area contributed by atoms with E-state index in [9.17, 15) is 5.11 Å². The van der Waals surface area contributed by atoms with Crippen molar-refractivity contribution in [2.75, 3.05) is 14.2 Å². The van der Waals surface area contributed by atoms with Crippen LogP contribution >= 0.6 is 0 Å². The Morgan fingerprint density at radius 3 is 2.77 bits per heavy atom. The molecule has 5 aliphatic rings. The summed E-state index contributed by atoms with van der Waals surface area (Å²) in [7, 11) is 3.24. The Bertz CT molecular complexity index is 940. The minimum Gasteiger partial charge on any atom is -0.497 e. The zero-order chi connectivity index (χ0) is 21.4. The van der Waals surface area contributed by atoms with Crippen LogP contribution in [0.15, 0.2) is 69.4 Å². The van der Waals surface area contributed by atoms with E-state index in [0.29, 0.717) is 29.3 Å². The van der Waals surface area contributed by atoms with Gasteiger partial charge in [-0.25, -0.2) is 9.98 Å². The molecule has 1 fully saturated rings. The maximum absolute atomic E-state index is 10.7. The van der Waals surface area contributed by atoms with Crippen LogP contribution < -0.4 is 5.32 Å². The fraction of sp³-hybridized carbons (Fsp3) is 0.520. The molecule has 31 heavy (non-hydrogen) atoms. The SMILES string of the molecule is COC1=CC(O)C(C2=NC(OC)NC(C3=C4CCCCC4CC4C=CC=CC34)=N2)C=C1. The molecule has 6 heteroatoms. The molecule has 164 valence electrons. The maximum atomic E-state index is 10.7. The highest BCUT2D eigenvalue weighted by Crippen LogP contribution is 2.47. The highest BCUT2D eigenvalue weighted by Gasteiger charge is 2.40. The second-order valence-corrected chi connectivity index (χ2v) is 8.91. The summed E-state index contributed by atoms with van der Waals surface area (Å²) in [6, 6.07) is 0. The number of amidine groups is 2. The number of nitrogens with one attached hydrogen (secondary N) is 1. The van der Waals surface area contributed by atoms with Gasteiger partial charge in [-0.2, -0.15) is 0 Å². The predicted molar refractivity (Wildman–Crippen MR) is 121 cm³/mol. The molecule has 0 amide bonds. The molecule has 0 radical (unpaired) electrons. The van der Waals surface area contributed by atoms with Gasteiger partial charge in [-0.3, -0.25) is 0 Å². The van der Waals surface area contributed by atoms with Crippen molar-refractivity contribution in [3.05, 3.63) is 59.4 Å². The van der Waals surface area contributed by atoms with E-state index in [1.807, 2.05) is 12.2 Å². The van der Waals surface area contributed by atoms with E-state index in [-0.39, 0.29) is 5.92 Å². The smallest absolute Gasteiger partial charge is 0.228 e. The quantitative estimate of drug-likeness (QED) is 0.727. The number of fused-ring (bicyclic) bond motifs is 2. The Kier molecular flexibility index (Phi) is 5.67. The first-order valence-corrected chi connectivity index (χ1v) is 11.3. The van der Waals surface area contributed by atoms with Crippen LogP contribution in [0.4, 0.5) is 0 Å². The van der Waals surface area contributed by atoms with E-state index < -0.39 is 12.5 Å². The van der Waals surface area contributed by atoms with E-state index in [2.05, 4.69) is 34.6 Å². The van der Waals surface area contributed by atoms with Crippen LogP contribution in [-0.4, -0.2) is 43.5 Å². The maximum Gasteiger partial charge on any atom is 0.228 e. The number of methoxy groups -OCH3 is 2. The molecule has 6 nitrogen and oxygen atoms in total. The molecule has 0 aromatic rings. The molecule has 0 aromatic carbocycles. The third kappa shape index (κ3) is 3.83. The number of allylic oxidation sites excluding steroid dienone is 6. The first kappa shape index (κ1) is 20.5. The molecule has 6 unspecified atom stereocenters. The number of aliphatic hydroxyl groups is 1. The monoisotopic (exact) mass is 421 g/mol. The van der Waals surface area contributed by atoms with Gasteiger partial charge in [0.1, 0.15) is 17.4 Å². The van der Waals surface area contributed by atoms with Crippen molar-refractivity contribution in [2.45, 2.75) is 44.6 Å². The van der Waals surface area contributed by atoms with Crippen LogP contribution in [0.25, 0.3) is 0 Å². The Morgan fingerprint density at radius 2 is 1.97 bits per heavy atom. The lowest BCUT2D eigenvalue weighted by Gasteiger charge is -2.42. The van der Waals surface area contributed by atoms with E-state index in [0.717, 1.165) is 12.3 Å². The van der Waals surface area contributed by atoms with Crippen molar-refractivity contribution in [2.24, 2.45) is 33.7 Å². The molecular formula is C25H31N3O3. The van der Waals surface area contributed by atoms with Crippen LogP contribution in [0.5, 0.6) is 0 Å². The second-order valence-electron chi connectivity index (χ2n) is 8.91. The van der Waals surface area contributed by atoms with Crippen molar-refractivity contribution in [3.8, 4) is 0 Å². The molecular weight excluding hydrogens is 390 g/mol. The van der Waals surface area contributed by atoms with Crippen LogP contribution in [-0.2, 0) is 9.47 Å². The molecule has 0 spiro atoms. The molecule has 0 saturated heterocycles. The van der Waals surface area contributed by atoms with Crippen LogP contribution in [0.3, 0.4) is 0 Å². The average Bonchev–Trinajstić information content (AvgIpc) is 2.82. The van der Waals surface area contributed by atoms with Crippen LogP contribution in [0.2, 0.25) is 0 Å². The van der Waals surface area contributed by atoms with Gasteiger partial charge in [-0.15, -0.1) is 0 Å². The van der Waals surface area contributed by atoms with Gasteiger partial charge in [0.25, 0.3) is 0 Å². The van der Waals surface area contributed by atoms with Crippen molar-refractivity contribution in [1.82, 2.24) is 5.32 Å². The fourth-order valence-electron chi connectivity index (χ4n) is 5.61. The predicted octanol–water partition coefficient (Wildman–Crippen LogP) is 3.64. The standard InChI is InChI=1S/C25H31N3O3/c1-30-17-11-12-20(21(29)14-17)23-26-24(28-25(27-23)31-2)22-18-9-5-3-7-15(18)13-16-8-4-6-10-19(16)22/h3,5,7,9,11-12,14-16,18,20-21,25,29H,4,6,8,10,13H2,1-2H3,(H,26,27,28). The normalized spacial score (nSPS) is 36.7. The first-order valence-electron chi connectivity index (χ1n) is 11.3. The summed E-state index contributed by atoms with van der Waals surface area (Å²) in [5, 5.41) is 14.1. The molecule has 2 N–H and O–H groups in total. The number of nitrogens with zero attached hydrogens (tertiary/aromatic N) is 2. The average molecular weight is 422 g/mol. The van der Waals surface area contributed by atoms with Crippen molar-refractivity contribution < 1.29 is 14.6 Å². The summed E-state index contributed by atoms with van der Waals surface area (Å²) in [5.41, 5.74) is 2.87. The minimum atomic E-state index is -0.740. The summed E-state index contributed by atoms with van der Waals surface area (Å²) in [6.45, 7) is 0. The van der Waals surface area contributed by atoms with Gasteiger partial charge in [0, 0.05) is 18.6 Å². The van der Waals surface area contributed by atoms with E-state index >= 15 is 0 Å². The Morgan fingerprint density at radius 1 is 1.10 bits per heavy atom. The zero-order valence-corrected chi connectivity index (χ0v) is 18.2. The summed E-state index contributed by atoms with van der Waals surface area (Å²) in [6.07, 6.45) is 19.4.